The highest BCUT2D eigenvalue weighted by Crippen LogP contribution is 2.29. The van der Waals surface area contributed by atoms with E-state index in [9.17, 15) is 9.59 Å². The summed E-state index contributed by atoms with van der Waals surface area (Å²) in [6, 6.07) is 10.9. The number of carbonyl (C=O) groups excluding carboxylic acids is 2. The van der Waals surface area contributed by atoms with E-state index in [0.29, 0.717) is 17.7 Å². The van der Waals surface area contributed by atoms with Crippen LogP contribution in [0.4, 0.5) is 0 Å². The molecule has 0 aliphatic carbocycles. The maximum atomic E-state index is 12.3. The Morgan fingerprint density at radius 2 is 1.58 bits per heavy atom. The molecule has 0 fully saturated rings. The molecule has 19 heavy (non-hydrogen) atoms. The zero-order chi connectivity index (χ0) is 13.4. The molecule has 4 nitrogen and oxygen atoms in total. The highest BCUT2D eigenvalue weighted by atomic mass is 16.7. The first-order chi connectivity index (χ1) is 9.24. The Hall–Kier alpha value is -2.20. The van der Waals surface area contributed by atoms with Crippen molar-refractivity contribution in [3.63, 3.8) is 0 Å². The lowest BCUT2D eigenvalue weighted by atomic mass is 9.95. The first-order valence-corrected chi connectivity index (χ1v) is 6.27. The second-order valence-electron chi connectivity index (χ2n) is 4.45. The van der Waals surface area contributed by atoms with E-state index in [-0.39, 0.29) is 11.8 Å². The van der Waals surface area contributed by atoms with Crippen LogP contribution in [-0.4, -0.2) is 23.5 Å². The molecular weight excluding hydrogens is 242 g/mol. The molecule has 2 aromatic rings. The van der Waals surface area contributed by atoms with E-state index in [1.54, 1.807) is 12.1 Å². The minimum Gasteiger partial charge on any atom is -0.266 e. The van der Waals surface area contributed by atoms with Gasteiger partial charge in [0, 0.05) is 5.39 Å². The van der Waals surface area contributed by atoms with Gasteiger partial charge >= 0.3 is 0 Å². The summed E-state index contributed by atoms with van der Waals surface area (Å²) in [6.45, 7) is 2.27. The number of hydrogen-bond acceptors (Lipinski definition) is 3. The summed E-state index contributed by atoms with van der Waals surface area (Å²) >= 11 is 0. The van der Waals surface area contributed by atoms with Gasteiger partial charge in [0.15, 0.2) is 0 Å². The molecule has 1 aliphatic rings. The van der Waals surface area contributed by atoms with Gasteiger partial charge in [-0.05, 0) is 23.9 Å². The summed E-state index contributed by atoms with van der Waals surface area (Å²) in [5.74, 6) is -0.773. The van der Waals surface area contributed by atoms with Crippen LogP contribution in [0.3, 0.4) is 0 Å². The third kappa shape index (κ3) is 1.72. The van der Waals surface area contributed by atoms with Crippen molar-refractivity contribution in [3.05, 3.63) is 47.5 Å². The predicted octanol–water partition coefficient (Wildman–Crippen LogP) is 2.78. The average Bonchev–Trinajstić information content (AvgIpc) is 2.44. The van der Waals surface area contributed by atoms with Gasteiger partial charge in [-0.15, -0.1) is 5.06 Å². The van der Waals surface area contributed by atoms with Gasteiger partial charge in [0.05, 0.1) is 17.7 Å². The summed E-state index contributed by atoms with van der Waals surface area (Å²) < 4.78 is 0. The van der Waals surface area contributed by atoms with Gasteiger partial charge in [-0.3, -0.25) is 14.4 Å². The van der Waals surface area contributed by atoms with Crippen LogP contribution < -0.4 is 0 Å². The second-order valence-corrected chi connectivity index (χ2v) is 4.45. The van der Waals surface area contributed by atoms with Gasteiger partial charge in [0.1, 0.15) is 0 Å². The van der Waals surface area contributed by atoms with Crippen molar-refractivity contribution in [2.75, 3.05) is 6.61 Å². The fourth-order valence-electron chi connectivity index (χ4n) is 2.31. The predicted molar refractivity (Wildman–Crippen MR) is 70.7 cm³/mol. The molecule has 0 radical (unpaired) electrons. The quantitative estimate of drug-likeness (QED) is 0.792. The molecule has 0 aromatic heterocycles. The summed E-state index contributed by atoms with van der Waals surface area (Å²) in [6.07, 6.45) is 0.739. The standard InChI is InChI=1S/C15H13NO3/c1-2-9-19-16-14(17)11-7-3-5-10-6-4-8-12(13(10)11)15(16)18/h3-8H,2,9H2,1H3. The Bertz CT molecular complexity index is 627. The highest BCUT2D eigenvalue weighted by molar-refractivity contribution is 6.24. The highest BCUT2D eigenvalue weighted by Gasteiger charge is 2.33. The van der Waals surface area contributed by atoms with Gasteiger partial charge in [-0.2, -0.15) is 0 Å². The van der Waals surface area contributed by atoms with Crippen LogP contribution in [-0.2, 0) is 4.84 Å². The van der Waals surface area contributed by atoms with E-state index in [1.807, 2.05) is 31.2 Å². The van der Waals surface area contributed by atoms with E-state index >= 15 is 0 Å². The number of nitrogens with zero attached hydrogens (tertiary/aromatic N) is 1. The van der Waals surface area contributed by atoms with Crippen molar-refractivity contribution >= 4 is 22.6 Å². The third-order valence-corrected chi connectivity index (χ3v) is 3.16. The summed E-state index contributed by atoms with van der Waals surface area (Å²) in [4.78, 5) is 29.9. The summed E-state index contributed by atoms with van der Waals surface area (Å²) in [5.41, 5.74) is 1.03. The minimum absolute atomic E-state index is 0.343. The molecule has 1 aliphatic heterocycles. The van der Waals surface area contributed by atoms with Crippen LogP contribution in [0.5, 0.6) is 0 Å². The number of benzene rings is 2. The molecule has 0 bridgehead atoms. The van der Waals surface area contributed by atoms with Crippen LogP contribution in [0, 0.1) is 0 Å². The topological polar surface area (TPSA) is 46.6 Å². The first-order valence-electron chi connectivity index (χ1n) is 6.27. The normalized spacial score (nSPS) is 14.3. The van der Waals surface area contributed by atoms with Gasteiger partial charge < -0.3 is 0 Å². The molecule has 0 saturated heterocycles. The van der Waals surface area contributed by atoms with Crippen molar-refractivity contribution in [1.82, 2.24) is 5.06 Å². The lowest BCUT2D eigenvalue weighted by Crippen LogP contribution is -2.40. The van der Waals surface area contributed by atoms with Crippen LogP contribution >= 0.6 is 0 Å². The first kappa shape index (κ1) is 11.9. The lowest BCUT2D eigenvalue weighted by Gasteiger charge is -2.25. The fraction of sp³-hybridized carbons (Fsp3) is 0.200. The van der Waals surface area contributed by atoms with E-state index in [4.69, 9.17) is 4.84 Å². The molecule has 0 atom stereocenters. The van der Waals surface area contributed by atoms with Crippen molar-refractivity contribution in [1.29, 1.82) is 0 Å². The number of imide groups is 1. The Labute approximate surface area is 110 Å². The molecule has 3 rings (SSSR count). The SMILES string of the molecule is CCCON1C(=O)c2cccc3cccc(c23)C1=O. The average molecular weight is 255 g/mol. The molecule has 0 spiro atoms. The monoisotopic (exact) mass is 255 g/mol. The van der Waals surface area contributed by atoms with Gasteiger partial charge in [0.2, 0.25) is 0 Å². The zero-order valence-electron chi connectivity index (χ0n) is 10.6. The van der Waals surface area contributed by atoms with Gasteiger partial charge in [-0.25, -0.2) is 0 Å². The Morgan fingerprint density at radius 1 is 1.00 bits per heavy atom. The maximum Gasteiger partial charge on any atom is 0.285 e. The van der Waals surface area contributed by atoms with E-state index in [2.05, 4.69) is 0 Å². The van der Waals surface area contributed by atoms with E-state index < -0.39 is 0 Å². The van der Waals surface area contributed by atoms with Crippen molar-refractivity contribution in [2.24, 2.45) is 0 Å². The van der Waals surface area contributed by atoms with Crippen molar-refractivity contribution in [3.8, 4) is 0 Å². The molecule has 0 saturated carbocycles. The fourth-order valence-corrected chi connectivity index (χ4v) is 2.31. The molecule has 96 valence electrons. The molecule has 2 aromatic carbocycles. The third-order valence-electron chi connectivity index (χ3n) is 3.16. The van der Waals surface area contributed by atoms with Crippen LogP contribution in [0.1, 0.15) is 34.1 Å². The molecule has 0 N–H and O–H groups in total. The summed E-state index contributed by atoms with van der Waals surface area (Å²) in [5, 5.41) is 2.49. The Balaban J connectivity index is 2.19. The maximum absolute atomic E-state index is 12.3. The summed E-state index contributed by atoms with van der Waals surface area (Å²) in [7, 11) is 0. The van der Waals surface area contributed by atoms with Crippen LogP contribution in [0.15, 0.2) is 36.4 Å². The minimum atomic E-state index is -0.386. The number of rotatable bonds is 3. The number of hydroxylamine groups is 2. The number of carbonyl (C=O) groups is 2. The zero-order valence-corrected chi connectivity index (χ0v) is 10.6. The molecule has 1 heterocycles. The lowest BCUT2D eigenvalue weighted by molar-refractivity contribution is -0.0948. The van der Waals surface area contributed by atoms with Crippen LogP contribution in [0.2, 0.25) is 0 Å². The largest absolute Gasteiger partial charge is 0.285 e. The molecular formula is C15H13NO3. The second kappa shape index (κ2) is 4.48. The molecule has 4 heteroatoms. The van der Waals surface area contributed by atoms with E-state index in [1.165, 1.54) is 0 Å². The smallest absolute Gasteiger partial charge is 0.266 e. The Kier molecular flexibility index (Phi) is 2.80. The van der Waals surface area contributed by atoms with Gasteiger partial charge in [-0.1, -0.05) is 31.2 Å². The Morgan fingerprint density at radius 3 is 2.11 bits per heavy atom. The van der Waals surface area contributed by atoms with Crippen molar-refractivity contribution in [2.45, 2.75) is 13.3 Å². The van der Waals surface area contributed by atoms with Gasteiger partial charge in [0.25, 0.3) is 11.8 Å². The van der Waals surface area contributed by atoms with Crippen LogP contribution in [0.25, 0.3) is 10.8 Å². The van der Waals surface area contributed by atoms with Crippen molar-refractivity contribution < 1.29 is 14.4 Å². The number of hydrogen-bond donors (Lipinski definition) is 0. The molecule has 2 amide bonds. The number of amides is 2. The van der Waals surface area contributed by atoms with E-state index in [0.717, 1.165) is 22.3 Å². The molecule has 0 unspecified atom stereocenters.